The van der Waals surface area contributed by atoms with Gasteiger partial charge >= 0.3 is 8.25 Å². The van der Waals surface area contributed by atoms with Crippen LogP contribution in [-0.2, 0) is 15.7 Å². The summed E-state index contributed by atoms with van der Waals surface area (Å²) in [5.41, 5.74) is 2.23. The Labute approximate surface area is 137 Å². The maximum Gasteiger partial charge on any atom is 0.694 e. The fraction of sp³-hybridized carbons (Fsp3) is 0.333. The fourth-order valence-electron chi connectivity index (χ4n) is 2.72. The van der Waals surface area contributed by atoms with Crippen molar-refractivity contribution in [2.45, 2.75) is 25.4 Å². The number of hydrogen-bond donors (Lipinski definition) is 1. The minimum atomic E-state index is -2.55. The van der Waals surface area contributed by atoms with E-state index in [-0.39, 0.29) is 12.5 Å². The first-order valence-electron chi connectivity index (χ1n) is 7.78. The summed E-state index contributed by atoms with van der Waals surface area (Å²) < 4.78 is 21.6. The van der Waals surface area contributed by atoms with E-state index < -0.39 is 8.25 Å². The standard InChI is InChI=1S/C18H19O4P/c19-23(20)22-13-18(15-9-10-15)16-7-4-8-17(11-16)21-12-14-5-2-1-3-6-14/h1-8,11,15,18H,9-10,12-13H2/p+1. The summed E-state index contributed by atoms with van der Waals surface area (Å²) >= 11 is 0. The van der Waals surface area contributed by atoms with Crippen LogP contribution in [0.5, 0.6) is 5.75 Å². The normalized spacial score (nSPS) is 16.0. The first kappa shape index (κ1) is 16.1. The van der Waals surface area contributed by atoms with Crippen molar-refractivity contribution >= 4 is 8.25 Å². The van der Waals surface area contributed by atoms with Crippen LogP contribution in [0.2, 0.25) is 0 Å². The van der Waals surface area contributed by atoms with Crippen LogP contribution < -0.4 is 4.74 Å². The molecule has 1 saturated carbocycles. The van der Waals surface area contributed by atoms with Gasteiger partial charge in [-0.2, -0.15) is 0 Å². The molecule has 0 heterocycles. The fourth-order valence-corrected chi connectivity index (χ4v) is 3.01. The van der Waals surface area contributed by atoms with Crippen LogP contribution in [0.15, 0.2) is 54.6 Å². The molecule has 1 aliphatic carbocycles. The van der Waals surface area contributed by atoms with Gasteiger partial charge in [-0.15, -0.1) is 9.42 Å². The van der Waals surface area contributed by atoms with Gasteiger partial charge in [0.1, 0.15) is 19.0 Å². The Balaban J connectivity index is 1.66. The van der Waals surface area contributed by atoms with Gasteiger partial charge in [0, 0.05) is 10.5 Å². The molecule has 5 heteroatoms. The summed E-state index contributed by atoms with van der Waals surface area (Å²) in [5.74, 6) is 1.50. The Kier molecular flexibility index (Phi) is 5.39. The summed E-state index contributed by atoms with van der Waals surface area (Å²) in [6.07, 6.45) is 2.29. The highest BCUT2D eigenvalue weighted by Crippen LogP contribution is 2.44. The second-order valence-electron chi connectivity index (χ2n) is 5.82. The van der Waals surface area contributed by atoms with E-state index in [1.807, 2.05) is 54.6 Å². The Morgan fingerprint density at radius 2 is 1.91 bits per heavy atom. The SMILES string of the molecule is O=[P+](O)OCC(c1cccc(OCc2ccccc2)c1)C1CC1. The molecule has 1 N–H and O–H groups in total. The number of hydrogen-bond acceptors (Lipinski definition) is 3. The molecule has 2 aromatic carbocycles. The highest BCUT2D eigenvalue weighted by molar-refractivity contribution is 7.32. The molecule has 0 spiro atoms. The third-order valence-corrected chi connectivity index (χ3v) is 4.46. The first-order chi connectivity index (χ1) is 11.2. The van der Waals surface area contributed by atoms with Crippen molar-refractivity contribution in [3.8, 4) is 5.75 Å². The lowest BCUT2D eigenvalue weighted by Gasteiger charge is -2.15. The highest BCUT2D eigenvalue weighted by atomic mass is 31.1. The zero-order valence-corrected chi connectivity index (χ0v) is 13.7. The van der Waals surface area contributed by atoms with Crippen molar-refractivity contribution < 1.29 is 18.7 Å². The Bertz CT molecular complexity index is 655. The van der Waals surface area contributed by atoms with Gasteiger partial charge < -0.3 is 4.74 Å². The van der Waals surface area contributed by atoms with Gasteiger partial charge in [-0.05, 0) is 42.0 Å². The summed E-state index contributed by atoms with van der Waals surface area (Å²) in [4.78, 5) is 8.88. The first-order valence-corrected chi connectivity index (χ1v) is 8.91. The van der Waals surface area contributed by atoms with Crippen LogP contribution in [0.3, 0.4) is 0 Å². The molecule has 0 aromatic heterocycles. The molecular weight excluding hydrogens is 311 g/mol. The second kappa shape index (κ2) is 7.69. The lowest BCUT2D eigenvalue weighted by atomic mass is 9.95. The lowest BCUT2D eigenvalue weighted by Crippen LogP contribution is -2.08. The Hall–Kier alpha value is -1.74. The molecule has 0 radical (unpaired) electrons. The highest BCUT2D eigenvalue weighted by Gasteiger charge is 2.34. The van der Waals surface area contributed by atoms with E-state index >= 15 is 0 Å². The van der Waals surface area contributed by atoms with E-state index in [0.717, 1.165) is 29.7 Å². The smallest absolute Gasteiger partial charge is 0.489 e. The molecule has 120 valence electrons. The van der Waals surface area contributed by atoms with E-state index in [0.29, 0.717) is 12.5 Å². The molecule has 1 fully saturated rings. The van der Waals surface area contributed by atoms with Gasteiger partial charge in [0.25, 0.3) is 0 Å². The van der Waals surface area contributed by atoms with Crippen LogP contribution in [0.25, 0.3) is 0 Å². The van der Waals surface area contributed by atoms with Crippen molar-refractivity contribution in [2.75, 3.05) is 6.61 Å². The van der Waals surface area contributed by atoms with Crippen molar-refractivity contribution in [3.63, 3.8) is 0 Å². The van der Waals surface area contributed by atoms with Gasteiger partial charge in [0.05, 0.1) is 0 Å². The van der Waals surface area contributed by atoms with Gasteiger partial charge in [-0.25, -0.2) is 0 Å². The monoisotopic (exact) mass is 331 g/mol. The minimum absolute atomic E-state index is 0.154. The summed E-state index contributed by atoms with van der Waals surface area (Å²) in [6.45, 7) is 0.801. The van der Waals surface area contributed by atoms with E-state index in [1.54, 1.807) is 0 Å². The minimum Gasteiger partial charge on any atom is -0.489 e. The summed E-state index contributed by atoms with van der Waals surface area (Å²) in [6, 6.07) is 18.0. The molecule has 2 atom stereocenters. The second-order valence-corrected chi connectivity index (χ2v) is 6.56. The Morgan fingerprint density at radius 1 is 1.13 bits per heavy atom. The molecule has 0 aliphatic heterocycles. The number of rotatable bonds is 8. The topological polar surface area (TPSA) is 55.8 Å². The summed E-state index contributed by atoms with van der Waals surface area (Å²) in [5, 5.41) is 0. The largest absolute Gasteiger partial charge is 0.694 e. The van der Waals surface area contributed by atoms with E-state index in [4.69, 9.17) is 14.2 Å². The van der Waals surface area contributed by atoms with Gasteiger partial charge in [0.2, 0.25) is 0 Å². The average Bonchev–Trinajstić information content (AvgIpc) is 3.39. The van der Waals surface area contributed by atoms with Gasteiger partial charge in [-0.1, -0.05) is 42.5 Å². The van der Waals surface area contributed by atoms with Gasteiger partial charge in [0.15, 0.2) is 0 Å². The quantitative estimate of drug-likeness (QED) is 0.727. The third kappa shape index (κ3) is 4.87. The third-order valence-electron chi connectivity index (χ3n) is 4.09. The molecule has 23 heavy (non-hydrogen) atoms. The van der Waals surface area contributed by atoms with Crippen molar-refractivity contribution in [1.82, 2.24) is 0 Å². The van der Waals surface area contributed by atoms with Crippen LogP contribution in [0.4, 0.5) is 0 Å². The molecule has 0 bridgehead atoms. The van der Waals surface area contributed by atoms with E-state index in [9.17, 15) is 4.57 Å². The van der Waals surface area contributed by atoms with Crippen molar-refractivity contribution in [2.24, 2.45) is 5.92 Å². The molecule has 0 saturated heterocycles. The zero-order valence-electron chi connectivity index (χ0n) is 12.8. The maximum atomic E-state index is 10.8. The molecule has 3 rings (SSSR count). The predicted molar refractivity (Wildman–Crippen MR) is 88.5 cm³/mol. The average molecular weight is 331 g/mol. The van der Waals surface area contributed by atoms with Crippen LogP contribution in [0, 0.1) is 5.92 Å². The van der Waals surface area contributed by atoms with Crippen molar-refractivity contribution in [1.29, 1.82) is 0 Å². The predicted octanol–water partition coefficient (Wildman–Crippen LogP) is 4.43. The number of benzene rings is 2. The lowest BCUT2D eigenvalue weighted by molar-refractivity contribution is 0.251. The molecule has 1 aliphatic rings. The zero-order chi connectivity index (χ0) is 16.1. The van der Waals surface area contributed by atoms with Crippen molar-refractivity contribution in [3.05, 3.63) is 65.7 Å². The molecule has 4 nitrogen and oxygen atoms in total. The Morgan fingerprint density at radius 3 is 2.61 bits per heavy atom. The molecule has 2 aromatic rings. The van der Waals surface area contributed by atoms with E-state index in [1.165, 1.54) is 0 Å². The van der Waals surface area contributed by atoms with Crippen LogP contribution >= 0.6 is 8.25 Å². The van der Waals surface area contributed by atoms with Gasteiger partial charge in [-0.3, -0.25) is 0 Å². The molecule has 2 unspecified atom stereocenters. The molecular formula is C18H20O4P+. The van der Waals surface area contributed by atoms with E-state index in [2.05, 4.69) is 0 Å². The summed E-state index contributed by atoms with van der Waals surface area (Å²) in [7, 11) is -2.55. The molecule has 0 amide bonds. The maximum absolute atomic E-state index is 10.8. The number of ether oxygens (including phenoxy) is 1. The van der Waals surface area contributed by atoms with Crippen LogP contribution in [-0.4, -0.2) is 11.5 Å². The van der Waals surface area contributed by atoms with Crippen LogP contribution in [0.1, 0.15) is 29.9 Å².